The molecular formula is C12H12BrClN2O4. The smallest absolute Gasteiger partial charge is 0.328 e. The maximum Gasteiger partial charge on any atom is 0.328 e. The van der Waals surface area contributed by atoms with E-state index in [0.29, 0.717) is 17.3 Å². The fourth-order valence-electron chi connectivity index (χ4n) is 1.83. The Morgan fingerprint density at radius 2 is 2.25 bits per heavy atom. The third-order valence-electron chi connectivity index (χ3n) is 2.84. The fourth-order valence-corrected chi connectivity index (χ4v) is 2.36. The molecule has 2 N–H and O–H groups in total. The zero-order valence-corrected chi connectivity index (χ0v) is 12.6. The summed E-state index contributed by atoms with van der Waals surface area (Å²) in [6, 6.07) is 3.52. The van der Waals surface area contributed by atoms with Gasteiger partial charge in [-0.05, 0) is 18.2 Å². The molecule has 0 bridgehead atoms. The second-order valence-corrected chi connectivity index (χ2v) is 5.50. The average molecular weight is 364 g/mol. The van der Waals surface area contributed by atoms with Crippen molar-refractivity contribution in [1.29, 1.82) is 0 Å². The standard InChI is InChI=1S/C12H12BrClN2O4/c13-7-1-2-8(14)9(5-7)15-12(19)16-3-4-20-6-10(16)11(17)18/h1-2,5,10H,3-4,6H2,(H,15,19)(H,17,18). The minimum atomic E-state index is -1.10. The normalized spacial score (nSPS) is 18.7. The van der Waals surface area contributed by atoms with Crippen LogP contribution >= 0.6 is 27.5 Å². The Hall–Kier alpha value is -1.31. The number of rotatable bonds is 2. The van der Waals surface area contributed by atoms with E-state index in [4.69, 9.17) is 21.4 Å². The summed E-state index contributed by atoms with van der Waals surface area (Å²) in [5.74, 6) is -1.10. The van der Waals surface area contributed by atoms with Crippen LogP contribution in [-0.4, -0.2) is 47.8 Å². The van der Waals surface area contributed by atoms with Crippen molar-refractivity contribution in [2.45, 2.75) is 6.04 Å². The van der Waals surface area contributed by atoms with Gasteiger partial charge in [-0.1, -0.05) is 27.5 Å². The van der Waals surface area contributed by atoms with Gasteiger partial charge < -0.3 is 20.1 Å². The largest absolute Gasteiger partial charge is 0.480 e. The lowest BCUT2D eigenvalue weighted by atomic mass is 10.2. The second kappa shape index (κ2) is 6.43. The van der Waals surface area contributed by atoms with Crippen LogP contribution in [0.3, 0.4) is 0 Å². The molecule has 20 heavy (non-hydrogen) atoms. The average Bonchev–Trinajstić information content (AvgIpc) is 2.42. The number of carbonyl (C=O) groups is 2. The van der Waals surface area contributed by atoms with E-state index in [1.54, 1.807) is 18.2 Å². The predicted molar refractivity (Wildman–Crippen MR) is 77.1 cm³/mol. The lowest BCUT2D eigenvalue weighted by molar-refractivity contribution is -0.147. The molecule has 0 saturated carbocycles. The first-order valence-corrected chi connectivity index (χ1v) is 6.99. The summed E-state index contributed by atoms with van der Waals surface area (Å²) in [7, 11) is 0. The number of ether oxygens (including phenoxy) is 1. The Kier molecular flexibility index (Phi) is 4.85. The summed E-state index contributed by atoms with van der Waals surface area (Å²) in [5, 5.41) is 12.1. The van der Waals surface area contributed by atoms with Crippen LogP contribution in [0, 0.1) is 0 Å². The van der Waals surface area contributed by atoms with Crippen molar-refractivity contribution in [3.05, 3.63) is 27.7 Å². The number of urea groups is 1. The van der Waals surface area contributed by atoms with Gasteiger partial charge in [-0.2, -0.15) is 0 Å². The zero-order valence-electron chi connectivity index (χ0n) is 10.3. The number of carboxylic acid groups (broad SMARTS) is 1. The molecule has 8 heteroatoms. The molecule has 0 spiro atoms. The fraction of sp³-hybridized carbons (Fsp3) is 0.333. The first-order valence-electron chi connectivity index (χ1n) is 5.82. The van der Waals surface area contributed by atoms with Gasteiger partial charge in [-0.15, -0.1) is 0 Å². The molecule has 2 rings (SSSR count). The van der Waals surface area contributed by atoms with Crippen LogP contribution in [-0.2, 0) is 9.53 Å². The molecule has 1 saturated heterocycles. The van der Waals surface area contributed by atoms with E-state index in [0.717, 1.165) is 4.47 Å². The number of anilines is 1. The van der Waals surface area contributed by atoms with Crippen LogP contribution in [0.25, 0.3) is 0 Å². The highest BCUT2D eigenvalue weighted by molar-refractivity contribution is 9.10. The lowest BCUT2D eigenvalue weighted by Crippen LogP contribution is -2.53. The molecule has 0 aromatic heterocycles. The molecule has 1 aliphatic rings. The molecule has 1 unspecified atom stereocenters. The molecule has 1 aromatic carbocycles. The van der Waals surface area contributed by atoms with Gasteiger partial charge in [0.15, 0.2) is 6.04 Å². The minimum absolute atomic E-state index is 0.0189. The Labute approximate surface area is 128 Å². The first-order chi connectivity index (χ1) is 9.49. The Bertz CT molecular complexity index is 540. The zero-order chi connectivity index (χ0) is 14.7. The maximum absolute atomic E-state index is 12.2. The van der Waals surface area contributed by atoms with E-state index in [1.165, 1.54) is 4.90 Å². The summed E-state index contributed by atoms with van der Waals surface area (Å²) < 4.78 is 5.84. The van der Waals surface area contributed by atoms with Crippen LogP contribution in [0.15, 0.2) is 22.7 Å². The molecular weight excluding hydrogens is 351 g/mol. The molecule has 1 aromatic rings. The summed E-state index contributed by atoms with van der Waals surface area (Å²) >= 11 is 9.26. The highest BCUT2D eigenvalue weighted by atomic mass is 79.9. The second-order valence-electron chi connectivity index (χ2n) is 4.18. The summed E-state index contributed by atoms with van der Waals surface area (Å²) in [6.07, 6.45) is 0. The number of halogens is 2. The SMILES string of the molecule is O=C(O)C1COCCN1C(=O)Nc1cc(Br)ccc1Cl. The van der Waals surface area contributed by atoms with E-state index in [9.17, 15) is 9.59 Å². The van der Waals surface area contributed by atoms with E-state index >= 15 is 0 Å². The van der Waals surface area contributed by atoms with Crippen molar-refractivity contribution in [3.63, 3.8) is 0 Å². The van der Waals surface area contributed by atoms with Gasteiger partial charge in [0.1, 0.15) is 0 Å². The Morgan fingerprint density at radius 1 is 1.50 bits per heavy atom. The molecule has 1 atom stereocenters. The number of nitrogens with one attached hydrogen (secondary N) is 1. The monoisotopic (exact) mass is 362 g/mol. The van der Waals surface area contributed by atoms with Crippen molar-refractivity contribution in [2.75, 3.05) is 25.1 Å². The lowest BCUT2D eigenvalue weighted by Gasteiger charge is -2.32. The predicted octanol–water partition coefficient (Wildman–Crippen LogP) is 2.42. The highest BCUT2D eigenvalue weighted by Crippen LogP contribution is 2.26. The molecule has 2 amide bonds. The third-order valence-corrected chi connectivity index (χ3v) is 3.67. The molecule has 0 radical (unpaired) electrons. The number of hydrogen-bond acceptors (Lipinski definition) is 3. The Morgan fingerprint density at radius 3 is 2.95 bits per heavy atom. The molecule has 1 heterocycles. The summed E-state index contributed by atoms with van der Waals surface area (Å²) in [5.41, 5.74) is 0.418. The van der Waals surface area contributed by atoms with Crippen LogP contribution in [0.5, 0.6) is 0 Å². The topological polar surface area (TPSA) is 78.9 Å². The molecule has 1 aliphatic heterocycles. The molecule has 108 valence electrons. The number of hydrogen-bond donors (Lipinski definition) is 2. The van der Waals surface area contributed by atoms with Gasteiger partial charge in [-0.3, -0.25) is 0 Å². The van der Waals surface area contributed by atoms with E-state index in [2.05, 4.69) is 21.2 Å². The molecule has 0 aliphatic carbocycles. The quantitative estimate of drug-likeness (QED) is 0.846. The van der Waals surface area contributed by atoms with E-state index in [-0.39, 0.29) is 13.2 Å². The van der Waals surface area contributed by atoms with Crippen molar-refractivity contribution in [1.82, 2.24) is 4.90 Å². The Balaban J connectivity index is 2.14. The maximum atomic E-state index is 12.2. The van der Waals surface area contributed by atoms with Gasteiger partial charge in [-0.25, -0.2) is 9.59 Å². The van der Waals surface area contributed by atoms with Crippen LogP contribution < -0.4 is 5.32 Å². The van der Waals surface area contributed by atoms with Gasteiger partial charge in [0, 0.05) is 11.0 Å². The molecule has 6 nitrogen and oxygen atoms in total. The van der Waals surface area contributed by atoms with Crippen molar-refractivity contribution < 1.29 is 19.4 Å². The number of morpholine rings is 1. The van der Waals surface area contributed by atoms with E-state index < -0.39 is 18.0 Å². The number of carbonyl (C=O) groups excluding carboxylic acids is 1. The minimum Gasteiger partial charge on any atom is -0.480 e. The number of nitrogens with zero attached hydrogens (tertiary/aromatic N) is 1. The first kappa shape index (κ1) is 15.1. The highest BCUT2D eigenvalue weighted by Gasteiger charge is 2.32. The van der Waals surface area contributed by atoms with Crippen LogP contribution in [0.2, 0.25) is 5.02 Å². The van der Waals surface area contributed by atoms with Crippen LogP contribution in [0.1, 0.15) is 0 Å². The van der Waals surface area contributed by atoms with Gasteiger partial charge in [0.25, 0.3) is 0 Å². The summed E-state index contributed by atoms with van der Waals surface area (Å²) in [6.45, 7) is 0.507. The van der Waals surface area contributed by atoms with Crippen molar-refractivity contribution in [3.8, 4) is 0 Å². The molecule has 1 fully saturated rings. The van der Waals surface area contributed by atoms with Crippen molar-refractivity contribution >= 4 is 45.2 Å². The van der Waals surface area contributed by atoms with Gasteiger partial charge in [0.05, 0.1) is 23.9 Å². The number of benzene rings is 1. The van der Waals surface area contributed by atoms with Crippen LogP contribution in [0.4, 0.5) is 10.5 Å². The third kappa shape index (κ3) is 3.41. The van der Waals surface area contributed by atoms with Crippen molar-refractivity contribution in [2.24, 2.45) is 0 Å². The number of carboxylic acids is 1. The number of amides is 2. The van der Waals surface area contributed by atoms with E-state index in [1.807, 2.05) is 0 Å². The van der Waals surface area contributed by atoms with Gasteiger partial charge in [0.2, 0.25) is 0 Å². The van der Waals surface area contributed by atoms with Gasteiger partial charge >= 0.3 is 12.0 Å². The number of aliphatic carboxylic acids is 1. The summed E-state index contributed by atoms with van der Waals surface area (Å²) in [4.78, 5) is 24.5.